The van der Waals surface area contributed by atoms with Gasteiger partial charge >= 0.3 is 0 Å². The molecular weight excluding hydrogens is 418 g/mol. The normalized spacial score (nSPS) is 15.2. The number of nitrogens with zero attached hydrogens (tertiary/aromatic N) is 4. The molecule has 3 heterocycles. The van der Waals surface area contributed by atoms with Crippen LogP contribution in [0.25, 0.3) is 16.8 Å². The van der Waals surface area contributed by atoms with Gasteiger partial charge in [-0.2, -0.15) is 5.10 Å². The standard InChI is InChI=1S/C17H15Cl3N4O.ClH/c18-11-1-2-13(14(19)7-11)15-10-24-16(17(20)21-15)8-12(22-24)9-23-3-5-25-6-4-23;/h1-2,7-8,10H,3-6,9H2;1H. The largest absolute Gasteiger partial charge is 0.379 e. The molecule has 0 atom stereocenters. The molecule has 0 unspecified atom stereocenters. The van der Waals surface area contributed by atoms with Crippen molar-refractivity contribution in [3.63, 3.8) is 0 Å². The Kier molecular flexibility index (Phi) is 6.28. The van der Waals surface area contributed by atoms with Crippen molar-refractivity contribution < 1.29 is 4.74 Å². The van der Waals surface area contributed by atoms with Gasteiger partial charge in [-0.1, -0.05) is 34.8 Å². The Bertz CT molecular complexity index is 925. The molecule has 3 aromatic rings. The maximum absolute atomic E-state index is 6.38. The highest BCUT2D eigenvalue weighted by molar-refractivity contribution is 6.36. The highest BCUT2D eigenvalue weighted by Gasteiger charge is 2.15. The van der Waals surface area contributed by atoms with Crippen LogP contribution in [0.5, 0.6) is 0 Å². The molecule has 0 aliphatic carbocycles. The summed E-state index contributed by atoms with van der Waals surface area (Å²) in [6.07, 6.45) is 1.83. The SMILES string of the molecule is Cl.Clc1ccc(-c2cn3nc(CN4CCOCC4)cc3c(Cl)n2)c(Cl)c1. The molecule has 138 valence electrons. The second-order valence-corrected chi connectivity index (χ2v) is 7.10. The van der Waals surface area contributed by atoms with Gasteiger partial charge in [-0.3, -0.25) is 4.90 Å². The fraction of sp³-hybridized carbons (Fsp3) is 0.294. The van der Waals surface area contributed by atoms with E-state index in [1.165, 1.54) is 0 Å². The van der Waals surface area contributed by atoms with Crippen LogP contribution in [0.2, 0.25) is 15.2 Å². The molecule has 1 aliphatic rings. The Balaban J connectivity index is 0.00000196. The predicted molar refractivity (Wildman–Crippen MR) is 107 cm³/mol. The molecule has 26 heavy (non-hydrogen) atoms. The van der Waals surface area contributed by atoms with Crippen molar-refractivity contribution in [1.82, 2.24) is 19.5 Å². The first-order valence-electron chi connectivity index (χ1n) is 7.90. The van der Waals surface area contributed by atoms with Crippen molar-refractivity contribution in [1.29, 1.82) is 0 Å². The highest BCUT2D eigenvalue weighted by atomic mass is 35.5. The van der Waals surface area contributed by atoms with E-state index >= 15 is 0 Å². The van der Waals surface area contributed by atoms with Gasteiger partial charge in [-0.05, 0) is 24.3 Å². The van der Waals surface area contributed by atoms with E-state index in [1.807, 2.05) is 18.3 Å². The van der Waals surface area contributed by atoms with Crippen LogP contribution in [0.15, 0.2) is 30.5 Å². The molecule has 0 amide bonds. The van der Waals surface area contributed by atoms with Gasteiger partial charge in [0, 0.05) is 30.2 Å². The summed E-state index contributed by atoms with van der Waals surface area (Å²) in [7, 11) is 0. The molecule has 1 fully saturated rings. The lowest BCUT2D eigenvalue weighted by Gasteiger charge is -2.25. The number of hydrogen-bond acceptors (Lipinski definition) is 4. The van der Waals surface area contributed by atoms with Crippen LogP contribution in [-0.2, 0) is 11.3 Å². The van der Waals surface area contributed by atoms with Crippen LogP contribution in [0.4, 0.5) is 0 Å². The first-order chi connectivity index (χ1) is 12.1. The van der Waals surface area contributed by atoms with Gasteiger partial charge in [0.2, 0.25) is 0 Å². The molecule has 0 bridgehead atoms. The average molecular weight is 434 g/mol. The highest BCUT2D eigenvalue weighted by Crippen LogP contribution is 2.31. The van der Waals surface area contributed by atoms with Gasteiger partial charge in [0.25, 0.3) is 0 Å². The summed E-state index contributed by atoms with van der Waals surface area (Å²) in [4.78, 5) is 6.77. The predicted octanol–water partition coefficient (Wildman–Crippen LogP) is 4.61. The van der Waals surface area contributed by atoms with Crippen molar-refractivity contribution in [3.8, 4) is 11.3 Å². The molecule has 1 saturated heterocycles. The summed E-state index contributed by atoms with van der Waals surface area (Å²) in [6, 6.07) is 7.26. The Morgan fingerprint density at radius 1 is 1.08 bits per heavy atom. The Morgan fingerprint density at radius 3 is 2.58 bits per heavy atom. The lowest BCUT2D eigenvalue weighted by atomic mass is 10.1. The smallest absolute Gasteiger partial charge is 0.155 e. The first-order valence-corrected chi connectivity index (χ1v) is 9.04. The summed E-state index contributed by atoms with van der Waals surface area (Å²) in [5, 5.41) is 6.14. The third-order valence-electron chi connectivity index (χ3n) is 4.16. The van der Waals surface area contributed by atoms with E-state index in [0.717, 1.165) is 49.6 Å². The van der Waals surface area contributed by atoms with E-state index in [-0.39, 0.29) is 12.4 Å². The molecular formula is C17H16Cl4N4O. The summed E-state index contributed by atoms with van der Waals surface area (Å²) in [5.74, 6) is 0. The second kappa shape index (κ2) is 8.30. The fourth-order valence-corrected chi connectivity index (χ4v) is 3.64. The van der Waals surface area contributed by atoms with Gasteiger partial charge in [-0.15, -0.1) is 12.4 Å². The van der Waals surface area contributed by atoms with Crippen molar-refractivity contribution in [2.24, 2.45) is 0 Å². The van der Waals surface area contributed by atoms with Crippen molar-refractivity contribution in [2.75, 3.05) is 26.3 Å². The number of hydrogen-bond donors (Lipinski definition) is 0. The number of morpholine rings is 1. The molecule has 0 radical (unpaired) electrons. The van der Waals surface area contributed by atoms with Crippen molar-refractivity contribution >= 4 is 52.7 Å². The molecule has 1 aromatic carbocycles. The number of ether oxygens (including phenoxy) is 1. The van der Waals surface area contributed by atoms with E-state index < -0.39 is 0 Å². The van der Waals surface area contributed by atoms with Crippen molar-refractivity contribution in [3.05, 3.63) is 51.4 Å². The van der Waals surface area contributed by atoms with Gasteiger partial charge in [-0.25, -0.2) is 9.50 Å². The van der Waals surface area contributed by atoms with E-state index in [4.69, 9.17) is 39.5 Å². The number of fused-ring (bicyclic) bond motifs is 1. The third kappa shape index (κ3) is 4.09. The minimum atomic E-state index is 0. The lowest BCUT2D eigenvalue weighted by Crippen LogP contribution is -2.35. The summed E-state index contributed by atoms with van der Waals surface area (Å²) in [5.41, 5.74) is 3.14. The monoisotopic (exact) mass is 432 g/mol. The van der Waals surface area contributed by atoms with Crippen LogP contribution in [-0.4, -0.2) is 45.8 Å². The molecule has 5 nitrogen and oxygen atoms in total. The zero-order valence-electron chi connectivity index (χ0n) is 13.7. The summed E-state index contributed by atoms with van der Waals surface area (Å²) in [6.45, 7) is 4.10. The molecule has 9 heteroatoms. The average Bonchev–Trinajstić information content (AvgIpc) is 2.99. The summed E-state index contributed by atoms with van der Waals surface area (Å²) < 4.78 is 7.13. The van der Waals surface area contributed by atoms with Crippen LogP contribution in [0.3, 0.4) is 0 Å². The van der Waals surface area contributed by atoms with Crippen molar-refractivity contribution in [2.45, 2.75) is 6.54 Å². The number of benzene rings is 1. The molecule has 4 rings (SSSR count). The molecule has 0 spiro atoms. The van der Waals surface area contributed by atoms with Crippen LogP contribution in [0.1, 0.15) is 5.69 Å². The number of aromatic nitrogens is 3. The maximum atomic E-state index is 6.38. The second-order valence-electron chi connectivity index (χ2n) is 5.90. The topological polar surface area (TPSA) is 42.7 Å². The van der Waals surface area contributed by atoms with Gasteiger partial charge in [0.05, 0.1) is 35.8 Å². The summed E-state index contributed by atoms with van der Waals surface area (Å²) >= 11 is 18.6. The van der Waals surface area contributed by atoms with Gasteiger partial charge in [0.1, 0.15) is 5.52 Å². The zero-order valence-corrected chi connectivity index (χ0v) is 16.7. The van der Waals surface area contributed by atoms with Crippen LogP contribution >= 0.6 is 47.2 Å². The molecule has 1 aliphatic heterocycles. The van der Waals surface area contributed by atoms with E-state index in [9.17, 15) is 0 Å². The molecule has 0 N–H and O–H groups in total. The quantitative estimate of drug-likeness (QED) is 0.604. The van der Waals surface area contributed by atoms with Gasteiger partial charge in [0.15, 0.2) is 5.15 Å². The van der Waals surface area contributed by atoms with E-state index in [0.29, 0.717) is 20.9 Å². The maximum Gasteiger partial charge on any atom is 0.155 e. The Morgan fingerprint density at radius 2 is 1.85 bits per heavy atom. The van der Waals surface area contributed by atoms with Crippen LogP contribution < -0.4 is 0 Å². The fourth-order valence-electron chi connectivity index (χ4n) is 2.90. The lowest BCUT2D eigenvalue weighted by molar-refractivity contribution is 0.0336. The van der Waals surface area contributed by atoms with Gasteiger partial charge < -0.3 is 4.74 Å². The Labute approximate surface area is 172 Å². The first kappa shape index (κ1) is 19.7. The minimum Gasteiger partial charge on any atom is -0.379 e. The van der Waals surface area contributed by atoms with E-state index in [1.54, 1.807) is 16.6 Å². The molecule has 2 aromatic heterocycles. The third-order valence-corrected chi connectivity index (χ3v) is 4.98. The van der Waals surface area contributed by atoms with E-state index in [2.05, 4.69) is 15.0 Å². The number of rotatable bonds is 3. The zero-order chi connectivity index (χ0) is 17.4. The van der Waals surface area contributed by atoms with Crippen LogP contribution in [0, 0.1) is 0 Å². The number of halogens is 4. The molecule has 0 saturated carbocycles. The minimum absolute atomic E-state index is 0. The Hall–Kier alpha value is -1.08.